The molecule has 0 aromatic heterocycles. The molecule has 1 rings (SSSR count). The van der Waals surface area contributed by atoms with Crippen LogP contribution in [0.5, 0.6) is 0 Å². The molecule has 0 saturated heterocycles. The number of unbranched alkanes of at least 4 members (excludes halogenated alkanes) is 2. The van der Waals surface area contributed by atoms with Crippen molar-refractivity contribution in [1.82, 2.24) is 0 Å². The zero-order valence-corrected chi connectivity index (χ0v) is 11.5. The molecule has 90 valence electrons. The zero-order valence-electron chi connectivity index (χ0n) is 9.89. The second kappa shape index (κ2) is 6.36. The number of hydrogen-bond donors (Lipinski definition) is 1. The van der Waals surface area contributed by atoms with Gasteiger partial charge in [-0.1, -0.05) is 42.1 Å². The molecule has 0 heterocycles. The van der Waals surface area contributed by atoms with Gasteiger partial charge in [-0.2, -0.15) is 0 Å². The molecule has 0 bridgehead atoms. The van der Waals surface area contributed by atoms with Crippen LogP contribution in [0.25, 0.3) is 0 Å². The third-order valence-electron chi connectivity index (χ3n) is 2.77. The number of halogens is 2. The molecule has 3 heteroatoms. The van der Waals surface area contributed by atoms with Crippen LogP contribution in [0.3, 0.4) is 0 Å². The van der Waals surface area contributed by atoms with Gasteiger partial charge in [-0.15, -0.1) is 0 Å². The number of rotatable bonds is 5. The lowest BCUT2D eigenvalue weighted by atomic mass is 9.99. The normalized spacial score (nSPS) is 12.8. The lowest BCUT2D eigenvalue weighted by Gasteiger charge is -2.14. The first-order valence-electron chi connectivity index (χ1n) is 5.77. The molecule has 1 aromatic rings. The number of nitrogens with two attached hydrogens (primary N) is 1. The lowest BCUT2D eigenvalue weighted by molar-refractivity contribution is 0.534. The fraction of sp³-hybridized carbons (Fsp3) is 0.538. The summed E-state index contributed by atoms with van der Waals surface area (Å²) in [7, 11) is 0. The molecule has 0 spiro atoms. The van der Waals surface area contributed by atoms with Crippen molar-refractivity contribution in [3.8, 4) is 0 Å². The molecule has 0 unspecified atom stereocenters. The third kappa shape index (κ3) is 3.56. The molecule has 1 aromatic carbocycles. The molecule has 0 aliphatic heterocycles. The van der Waals surface area contributed by atoms with E-state index in [1.807, 2.05) is 0 Å². The lowest BCUT2D eigenvalue weighted by Crippen LogP contribution is -2.12. The largest absolute Gasteiger partial charge is 0.324 e. The van der Waals surface area contributed by atoms with Gasteiger partial charge in [0.15, 0.2) is 0 Å². The first kappa shape index (κ1) is 13.7. The Bertz CT molecular complexity index is 352. The Morgan fingerprint density at radius 1 is 1.38 bits per heavy atom. The first-order valence-corrected chi connectivity index (χ1v) is 6.56. The Kier molecular flexibility index (Phi) is 5.42. The van der Waals surface area contributed by atoms with E-state index in [-0.39, 0.29) is 11.9 Å². The minimum Gasteiger partial charge on any atom is -0.324 e. The molecule has 0 radical (unpaired) electrons. The van der Waals surface area contributed by atoms with Crippen molar-refractivity contribution in [1.29, 1.82) is 0 Å². The average Bonchev–Trinajstić information content (AvgIpc) is 2.23. The fourth-order valence-electron chi connectivity index (χ4n) is 1.79. The van der Waals surface area contributed by atoms with E-state index in [9.17, 15) is 4.39 Å². The Hall–Kier alpha value is -0.410. The van der Waals surface area contributed by atoms with Crippen molar-refractivity contribution in [2.75, 3.05) is 0 Å². The summed E-state index contributed by atoms with van der Waals surface area (Å²) in [5.74, 6) is -0.160. The summed E-state index contributed by atoms with van der Waals surface area (Å²) >= 11 is 3.38. The molecule has 0 fully saturated rings. The van der Waals surface area contributed by atoms with Gasteiger partial charge in [0.2, 0.25) is 0 Å². The average molecular weight is 288 g/mol. The number of aryl methyl sites for hydroxylation is 1. The van der Waals surface area contributed by atoms with Gasteiger partial charge in [0.05, 0.1) is 0 Å². The van der Waals surface area contributed by atoms with E-state index >= 15 is 0 Å². The van der Waals surface area contributed by atoms with Crippen molar-refractivity contribution in [2.45, 2.75) is 45.6 Å². The second-order valence-corrected chi connectivity index (χ2v) is 5.14. The quantitative estimate of drug-likeness (QED) is 0.794. The van der Waals surface area contributed by atoms with E-state index in [2.05, 4.69) is 22.9 Å². The minimum absolute atomic E-state index is 0.160. The van der Waals surface area contributed by atoms with Gasteiger partial charge in [0.1, 0.15) is 5.82 Å². The van der Waals surface area contributed by atoms with Crippen molar-refractivity contribution in [3.05, 3.63) is 33.5 Å². The van der Waals surface area contributed by atoms with Crippen LogP contribution in [-0.2, 0) is 0 Å². The van der Waals surface area contributed by atoms with Crippen LogP contribution in [0.2, 0.25) is 0 Å². The van der Waals surface area contributed by atoms with Crippen molar-refractivity contribution < 1.29 is 4.39 Å². The molecule has 1 atom stereocenters. The predicted molar refractivity (Wildman–Crippen MR) is 69.9 cm³/mol. The summed E-state index contributed by atoms with van der Waals surface area (Å²) in [4.78, 5) is 0. The second-order valence-electron chi connectivity index (χ2n) is 4.23. The summed E-state index contributed by atoms with van der Waals surface area (Å²) < 4.78 is 14.7. The highest BCUT2D eigenvalue weighted by Gasteiger charge is 2.13. The van der Waals surface area contributed by atoms with Gasteiger partial charge in [-0.3, -0.25) is 0 Å². The van der Waals surface area contributed by atoms with Crippen molar-refractivity contribution >= 4 is 15.9 Å². The molecule has 0 aliphatic rings. The maximum atomic E-state index is 13.8. The Labute approximate surface area is 105 Å². The maximum Gasteiger partial charge on any atom is 0.130 e. The molecular formula is C13H19BrFN. The van der Waals surface area contributed by atoms with Crippen molar-refractivity contribution in [3.63, 3.8) is 0 Å². The van der Waals surface area contributed by atoms with E-state index in [1.54, 1.807) is 19.1 Å². The molecule has 0 amide bonds. The summed E-state index contributed by atoms with van der Waals surface area (Å²) in [6, 6.07) is 3.37. The molecule has 0 saturated carbocycles. The van der Waals surface area contributed by atoms with E-state index < -0.39 is 0 Å². The van der Waals surface area contributed by atoms with Crippen molar-refractivity contribution in [2.24, 2.45) is 5.73 Å². The van der Waals surface area contributed by atoms with Gasteiger partial charge in [-0.25, -0.2) is 4.39 Å². The Morgan fingerprint density at radius 3 is 2.69 bits per heavy atom. The van der Waals surface area contributed by atoms with Gasteiger partial charge in [-0.05, 0) is 31.0 Å². The molecule has 0 aliphatic carbocycles. The van der Waals surface area contributed by atoms with Crippen LogP contribution in [0.4, 0.5) is 4.39 Å². The van der Waals surface area contributed by atoms with Crippen LogP contribution >= 0.6 is 15.9 Å². The Balaban J connectivity index is 2.78. The Morgan fingerprint density at radius 2 is 2.06 bits per heavy atom. The van der Waals surface area contributed by atoms with Crippen LogP contribution in [-0.4, -0.2) is 0 Å². The highest BCUT2D eigenvalue weighted by Crippen LogP contribution is 2.26. The topological polar surface area (TPSA) is 26.0 Å². The van der Waals surface area contributed by atoms with Gasteiger partial charge in [0.25, 0.3) is 0 Å². The standard InChI is InChI=1S/C13H19BrFN/c1-3-4-5-6-12(16)11-8-10(14)7-9(2)13(11)15/h7-8,12H,3-6,16H2,1-2H3/t12-/m1/s1. The van der Waals surface area contributed by atoms with E-state index in [0.717, 1.165) is 30.2 Å². The smallest absolute Gasteiger partial charge is 0.130 e. The van der Waals surface area contributed by atoms with Gasteiger partial charge in [0, 0.05) is 16.1 Å². The highest BCUT2D eigenvalue weighted by molar-refractivity contribution is 9.10. The summed E-state index contributed by atoms with van der Waals surface area (Å²) in [5, 5.41) is 0. The fourth-order valence-corrected chi connectivity index (χ4v) is 2.38. The summed E-state index contributed by atoms with van der Waals surface area (Å²) in [6.07, 6.45) is 4.22. The molecule has 2 N–H and O–H groups in total. The van der Waals surface area contributed by atoms with E-state index in [1.165, 1.54) is 0 Å². The summed E-state index contributed by atoms with van der Waals surface area (Å²) in [5.41, 5.74) is 7.29. The van der Waals surface area contributed by atoms with E-state index in [0.29, 0.717) is 11.1 Å². The third-order valence-corrected chi connectivity index (χ3v) is 3.22. The number of hydrogen-bond acceptors (Lipinski definition) is 1. The van der Waals surface area contributed by atoms with Gasteiger partial charge >= 0.3 is 0 Å². The van der Waals surface area contributed by atoms with Crippen LogP contribution in [0.1, 0.15) is 49.8 Å². The molecule has 16 heavy (non-hydrogen) atoms. The molecular weight excluding hydrogens is 269 g/mol. The molecule has 1 nitrogen and oxygen atoms in total. The SMILES string of the molecule is CCCCC[C@@H](N)c1cc(Br)cc(C)c1F. The first-order chi connectivity index (χ1) is 7.56. The monoisotopic (exact) mass is 287 g/mol. The van der Waals surface area contributed by atoms with Gasteiger partial charge < -0.3 is 5.73 Å². The predicted octanol–water partition coefficient (Wildman–Crippen LogP) is 4.48. The number of benzene rings is 1. The maximum absolute atomic E-state index is 13.8. The van der Waals surface area contributed by atoms with E-state index in [4.69, 9.17) is 5.73 Å². The minimum atomic E-state index is -0.192. The van der Waals surface area contributed by atoms with Crippen LogP contribution < -0.4 is 5.73 Å². The highest BCUT2D eigenvalue weighted by atomic mass is 79.9. The zero-order chi connectivity index (χ0) is 12.1. The summed E-state index contributed by atoms with van der Waals surface area (Å²) in [6.45, 7) is 3.91. The van der Waals surface area contributed by atoms with Crippen LogP contribution in [0, 0.1) is 12.7 Å². The van der Waals surface area contributed by atoms with Crippen LogP contribution in [0.15, 0.2) is 16.6 Å².